The molecule has 2 rings (SSSR count). The SMILES string of the molecule is O=C(CC1CCCOC1)NCc1ccccn1. The number of carbonyl (C=O) groups excluding carboxylic acids is 1. The van der Waals surface area contributed by atoms with Gasteiger partial charge in [-0.2, -0.15) is 0 Å². The van der Waals surface area contributed by atoms with Gasteiger partial charge in [-0.05, 0) is 30.9 Å². The number of carbonyl (C=O) groups is 1. The molecule has 1 fully saturated rings. The molecule has 0 saturated carbocycles. The van der Waals surface area contributed by atoms with Crippen molar-refractivity contribution in [2.75, 3.05) is 13.2 Å². The first kappa shape index (κ1) is 12.0. The molecule has 1 aromatic heterocycles. The van der Waals surface area contributed by atoms with Gasteiger partial charge in [0.05, 0.1) is 12.2 Å². The Kier molecular flexibility index (Phi) is 4.50. The van der Waals surface area contributed by atoms with E-state index in [1.807, 2.05) is 18.2 Å². The van der Waals surface area contributed by atoms with E-state index in [9.17, 15) is 4.79 Å². The molecule has 0 aromatic carbocycles. The van der Waals surface area contributed by atoms with Gasteiger partial charge in [-0.1, -0.05) is 6.07 Å². The second kappa shape index (κ2) is 6.35. The number of rotatable bonds is 4. The van der Waals surface area contributed by atoms with Gasteiger partial charge in [0.15, 0.2) is 0 Å². The molecule has 1 amide bonds. The first-order valence-electron chi connectivity index (χ1n) is 6.09. The van der Waals surface area contributed by atoms with Crippen LogP contribution in [0, 0.1) is 5.92 Å². The third-order valence-corrected chi connectivity index (χ3v) is 2.92. The van der Waals surface area contributed by atoms with Crippen LogP contribution in [0.5, 0.6) is 0 Å². The Morgan fingerprint density at radius 1 is 1.53 bits per heavy atom. The average molecular weight is 234 g/mol. The van der Waals surface area contributed by atoms with Gasteiger partial charge in [0, 0.05) is 25.8 Å². The highest BCUT2D eigenvalue weighted by Crippen LogP contribution is 2.16. The van der Waals surface area contributed by atoms with Crippen molar-refractivity contribution in [1.82, 2.24) is 10.3 Å². The van der Waals surface area contributed by atoms with E-state index in [2.05, 4.69) is 10.3 Å². The fourth-order valence-electron chi connectivity index (χ4n) is 1.99. The molecule has 4 heteroatoms. The number of amides is 1. The maximum Gasteiger partial charge on any atom is 0.220 e. The van der Waals surface area contributed by atoms with Crippen LogP contribution in [0.3, 0.4) is 0 Å². The first-order valence-corrected chi connectivity index (χ1v) is 6.09. The van der Waals surface area contributed by atoms with Crippen molar-refractivity contribution in [3.63, 3.8) is 0 Å². The van der Waals surface area contributed by atoms with E-state index < -0.39 is 0 Å². The van der Waals surface area contributed by atoms with E-state index in [-0.39, 0.29) is 5.91 Å². The molecule has 1 saturated heterocycles. The average Bonchev–Trinajstić information content (AvgIpc) is 2.39. The number of hydrogen-bond donors (Lipinski definition) is 1. The minimum atomic E-state index is 0.0890. The van der Waals surface area contributed by atoms with E-state index >= 15 is 0 Å². The molecule has 1 unspecified atom stereocenters. The third-order valence-electron chi connectivity index (χ3n) is 2.92. The summed E-state index contributed by atoms with van der Waals surface area (Å²) in [4.78, 5) is 15.8. The molecule has 1 aliphatic rings. The van der Waals surface area contributed by atoms with Crippen LogP contribution in [-0.2, 0) is 16.1 Å². The fourth-order valence-corrected chi connectivity index (χ4v) is 1.99. The first-order chi connectivity index (χ1) is 8.34. The topological polar surface area (TPSA) is 51.2 Å². The monoisotopic (exact) mass is 234 g/mol. The van der Waals surface area contributed by atoms with Crippen LogP contribution in [0.2, 0.25) is 0 Å². The lowest BCUT2D eigenvalue weighted by molar-refractivity contribution is -0.123. The molecule has 0 spiro atoms. The molecule has 2 heterocycles. The molecule has 1 N–H and O–H groups in total. The fraction of sp³-hybridized carbons (Fsp3) is 0.538. The van der Waals surface area contributed by atoms with Crippen molar-refractivity contribution in [2.24, 2.45) is 5.92 Å². The highest BCUT2D eigenvalue weighted by molar-refractivity contribution is 5.76. The van der Waals surface area contributed by atoms with Gasteiger partial charge in [-0.15, -0.1) is 0 Å². The minimum Gasteiger partial charge on any atom is -0.381 e. The number of nitrogens with one attached hydrogen (secondary N) is 1. The molecule has 0 bridgehead atoms. The molecular formula is C13H18N2O2. The molecule has 1 atom stereocenters. The van der Waals surface area contributed by atoms with Crippen LogP contribution in [0.15, 0.2) is 24.4 Å². The Morgan fingerprint density at radius 2 is 2.47 bits per heavy atom. The summed E-state index contributed by atoms with van der Waals surface area (Å²) in [6.45, 7) is 2.07. The highest BCUT2D eigenvalue weighted by Gasteiger charge is 2.17. The lowest BCUT2D eigenvalue weighted by atomic mass is 9.98. The number of aromatic nitrogens is 1. The summed E-state index contributed by atoms with van der Waals surface area (Å²) in [6.07, 6.45) is 4.46. The van der Waals surface area contributed by atoms with Crippen LogP contribution in [0.25, 0.3) is 0 Å². The molecule has 0 aliphatic carbocycles. The normalized spacial score (nSPS) is 19.9. The van der Waals surface area contributed by atoms with E-state index in [0.717, 1.165) is 31.7 Å². The van der Waals surface area contributed by atoms with E-state index in [4.69, 9.17) is 4.74 Å². The number of nitrogens with zero attached hydrogens (tertiary/aromatic N) is 1. The lowest BCUT2D eigenvalue weighted by Crippen LogP contribution is -2.28. The smallest absolute Gasteiger partial charge is 0.220 e. The predicted molar refractivity (Wildman–Crippen MR) is 64.2 cm³/mol. The van der Waals surface area contributed by atoms with Crippen LogP contribution in [0.1, 0.15) is 25.0 Å². The summed E-state index contributed by atoms with van der Waals surface area (Å²) in [5.41, 5.74) is 0.890. The molecule has 17 heavy (non-hydrogen) atoms. The van der Waals surface area contributed by atoms with Gasteiger partial charge in [0.25, 0.3) is 0 Å². The lowest BCUT2D eigenvalue weighted by Gasteiger charge is -2.21. The maximum atomic E-state index is 11.7. The number of pyridine rings is 1. The summed E-state index contributed by atoms with van der Waals surface area (Å²) < 4.78 is 5.35. The van der Waals surface area contributed by atoms with E-state index in [1.165, 1.54) is 0 Å². The van der Waals surface area contributed by atoms with Crippen molar-refractivity contribution in [3.8, 4) is 0 Å². The van der Waals surface area contributed by atoms with Gasteiger partial charge < -0.3 is 10.1 Å². The van der Waals surface area contributed by atoms with Crippen LogP contribution < -0.4 is 5.32 Å². The van der Waals surface area contributed by atoms with Gasteiger partial charge in [-0.25, -0.2) is 0 Å². The Morgan fingerprint density at radius 3 is 3.18 bits per heavy atom. The third kappa shape index (κ3) is 4.15. The van der Waals surface area contributed by atoms with Crippen LogP contribution in [0.4, 0.5) is 0 Å². The zero-order chi connectivity index (χ0) is 11.9. The Bertz CT molecular complexity index is 348. The minimum absolute atomic E-state index is 0.0890. The van der Waals surface area contributed by atoms with Crippen molar-refractivity contribution in [2.45, 2.75) is 25.8 Å². The van der Waals surface area contributed by atoms with E-state index in [1.54, 1.807) is 6.20 Å². The zero-order valence-electron chi connectivity index (χ0n) is 9.89. The predicted octanol–water partition coefficient (Wildman–Crippen LogP) is 1.51. The van der Waals surface area contributed by atoms with Crippen molar-refractivity contribution in [3.05, 3.63) is 30.1 Å². The molecule has 4 nitrogen and oxygen atoms in total. The summed E-state index contributed by atoms with van der Waals surface area (Å²) in [5, 5.41) is 2.89. The number of ether oxygens (including phenoxy) is 1. The van der Waals surface area contributed by atoms with Crippen molar-refractivity contribution >= 4 is 5.91 Å². The largest absolute Gasteiger partial charge is 0.381 e. The second-order valence-corrected chi connectivity index (χ2v) is 4.39. The Hall–Kier alpha value is -1.42. The summed E-state index contributed by atoms with van der Waals surface area (Å²) >= 11 is 0. The summed E-state index contributed by atoms with van der Waals surface area (Å²) in [6, 6.07) is 5.69. The van der Waals surface area contributed by atoms with Gasteiger partial charge in [-0.3, -0.25) is 9.78 Å². The molecule has 1 aliphatic heterocycles. The zero-order valence-corrected chi connectivity index (χ0v) is 9.89. The quantitative estimate of drug-likeness (QED) is 0.859. The maximum absolute atomic E-state index is 11.7. The summed E-state index contributed by atoms with van der Waals surface area (Å²) in [7, 11) is 0. The van der Waals surface area contributed by atoms with Crippen LogP contribution in [-0.4, -0.2) is 24.1 Å². The van der Waals surface area contributed by atoms with Gasteiger partial charge >= 0.3 is 0 Å². The molecule has 1 aromatic rings. The van der Waals surface area contributed by atoms with E-state index in [0.29, 0.717) is 18.9 Å². The Balaban J connectivity index is 1.70. The van der Waals surface area contributed by atoms with Crippen molar-refractivity contribution < 1.29 is 9.53 Å². The molecular weight excluding hydrogens is 216 g/mol. The highest BCUT2D eigenvalue weighted by atomic mass is 16.5. The van der Waals surface area contributed by atoms with Gasteiger partial charge in [0.1, 0.15) is 0 Å². The standard InChI is InChI=1S/C13H18N2O2/c16-13(8-11-4-3-7-17-10-11)15-9-12-5-1-2-6-14-12/h1-2,5-6,11H,3-4,7-10H2,(H,15,16). The number of hydrogen-bond acceptors (Lipinski definition) is 3. The summed E-state index contributed by atoms with van der Waals surface area (Å²) in [5.74, 6) is 0.471. The van der Waals surface area contributed by atoms with Crippen LogP contribution >= 0.6 is 0 Å². The van der Waals surface area contributed by atoms with Crippen molar-refractivity contribution in [1.29, 1.82) is 0 Å². The molecule has 92 valence electrons. The second-order valence-electron chi connectivity index (χ2n) is 4.39. The van der Waals surface area contributed by atoms with Gasteiger partial charge in [0.2, 0.25) is 5.91 Å². The molecule has 0 radical (unpaired) electrons. The Labute approximate surface area is 101 Å².